The van der Waals surface area contributed by atoms with Crippen molar-refractivity contribution in [1.29, 1.82) is 0 Å². The summed E-state index contributed by atoms with van der Waals surface area (Å²) in [5.41, 5.74) is 5.59. The molecule has 0 bridgehead atoms. The van der Waals surface area contributed by atoms with Crippen LogP contribution in [0.1, 0.15) is 13.3 Å². The van der Waals surface area contributed by atoms with Crippen LogP contribution in [0, 0.1) is 5.92 Å². The molecular weight excluding hydrogens is 256 g/mol. The van der Waals surface area contributed by atoms with Crippen molar-refractivity contribution in [3.8, 4) is 0 Å². The van der Waals surface area contributed by atoms with Gasteiger partial charge in [0.25, 0.3) is 0 Å². The Morgan fingerprint density at radius 1 is 1.61 bits per heavy atom. The molecule has 102 valence electrons. The second kappa shape index (κ2) is 4.87. The number of sulfonamides is 1. The van der Waals surface area contributed by atoms with E-state index in [1.807, 2.05) is 6.92 Å². The highest BCUT2D eigenvalue weighted by Gasteiger charge is 2.29. The maximum Gasteiger partial charge on any atom is 0.246 e. The summed E-state index contributed by atoms with van der Waals surface area (Å²) in [6, 6.07) is -0.122. The molecule has 3 N–H and O–H groups in total. The normalized spacial score (nSPS) is 25.2. The third-order valence-corrected chi connectivity index (χ3v) is 4.57. The molecule has 1 aliphatic heterocycles. The predicted octanol–water partition coefficient (Wildman–Crippen LogP) is -0.294. The van der Waals surface area contributed by atoms with Crippen LogP contribution in [0.5, 0.6) is 0 Å². The van der Waals surface area contributed by atoms with Crippen LogP contribution in [-0.4, -0.2) is 37.5 Å². The van der Waals surface area contributed by atoms with Crippen molar-refractivity contribution in [2.24, 2.45) is 13.0 Å². The molecule has 0 saturated carbocycles. The lowest BCUT2D eigenvalue weighted by atomic mass is 9.99. The van der Waals surface area contributed by atoms with Gasteiger partial charge in [-0.3, -0.25) is 4.68 Å². The minimum Gasteiger partial charge on any atom is -0.381 e. The average molecular weight is 274 g/mol. The lowest BCUT2D eigenvalue weighted by molar-refractivity contribution is 0.0450. The molecule has 2 unspecified atom stereocenters. The van der Waals surface area contributed by atoms with Crippen molar-refractivity contribution < 1.29 is 13.2 Å². The minimum atomic E-state index is -3.62. The first kappa shape index (κ1) is 13.3. The molecule has 1 saturated heterocycles. The number of hydrogen-bond donors (Lipinski definition) is 2. The number of hydrogen-bond acceptors (Lipinski definition) is 5. The molecule has 7 nitrogen and oxygen atoms in total. The number of aromatic nitrogens is 2. The number of anilines is 1. The Morgan fingerprint density at radius 2 is 2.33 bits per heavy atom. The summed E-state index contributed by atoms with van der Waals surface area (Å²) in [4.78, 5) is 0.0312. The summed E-state index contributed by atoms with van der Waals surface area (Å²) in [5.74, 6) is 0.163. The number of rotatable bonds is 3. The molecule has 2 rings (SSSR count). The molecule has 1 aromatic rings. The van der Waals surface area contributed by atoms with Gasteiger partial charge >= 0.3 is 0 Å². The highest BCUT2D eigenvalue weighted by molar-refractivity contribution is 7.89. The van der Waals surface area contributed by atoms with Crippen molar-refractivity contribution in [2.75, 3.05) is 18.9 Å². The van der Waals surface area contributed by atoms with Crippen molar-refractivity contribution in [2.45, 2.75) is 24.3 Å². The zero-order chi connectivity index (χ0) is 13.3. The molecule has 0 spiro atoms. The van der Waals surface area contributed by atoms with E-state index in [0.29, 0.717) is 19.6 Å². The van der Waals surface area contributed by atoms with Crippen LogP contribution in [0.4, 0.5) is 5.82 Å². The number of aryl methyl sites for hydroxylation is 1. The van der Waals surface area contributed by atoms with E-state index >= 15 is 0 Å². The first-order valence-electron chi connectivity index (χ1n) is 5.79. The van der Waals surface area contributed by atoms with Crippen molar-refractivity contribution in [3.63, 3.8) is 0 Å². The molecule has 0 radical (unpaired) electrons. The van der Waals surface area contributed by atoms with Crippen LogP contribution >= 0.6 is 0 Å². The monoisotopic (exact) mass is 274 g/mol. The lowest BCUT2D eigenvalue weighted by Crippen LogP contribution is -2.44. The Morgan fingerprint density at radius 3 is 2.89 bits per heavy atom. The SMILES string of the molecule is CC1COCCC1NS(=O)(=O)c1cn(C)nc1N. The van der Waals surface area contributed by atoms with E-state index < -0.39 is 10.0 Å². The summed E-state index contributed by atoms with van der Waals surface area (Å²) in [6.45, 7) is 3.09. The lowest BCUT2D eigenvalue weighted by Gasteiger charge is -2.29. The van der Waals surface area contributed by atoms with Gasteiger partial charge in [-0.05, 0) is 12.3 Å². The molecule has 18 heavy (non-hydrogen) atoms. The number of nitrogens with zero attached hydrogens (tertiary/aromatic N) is 2. The zero-order valence-corrected chi connectivity index (χ0v) is 11.3. The summed E-state index contributed by atoms with van der Waals surface area (Å²) in [5, 5.41) is 3.84. The number of ether oxygens (including phenoxy) is 1. The van der Waals surface area contributed by atoms with E-state index in [-0.39, 0.29) is 22.7 Å². The Hall–Kier alpha value is -1.12. The molecule has 2 atom stereocenters. The van der Waals surface area contributed by atoms with Crippen molar-refractivity contribution in [3.05, 3.63) is 6.20 Å². The van der Waals surface area contributed by atoms with Crippen LogP contribution in [0.3, 0.4) is 0 Å². The molecule has 0 aliphatic carbocycles. The summed E-state index contributed by atoms with van der Waals surface area (Å²) >= 11 is 0. The van der Waals surface area contributed by atoms with E-state index in [4.69, 9.17) is 10.5 Å². The standard InChI is InChI=1S/C10H18N4O3S/c1-7-6-17-4-3-8(7)13-18(15,16)9-5-14(2)12-10(9)11/h5,7-8,13H,3-4,6H2,1-2H3,(H2,11,12). The van der Waals surface area contributed by atoms with Gasteiger partial charge in [0.2, 0.25) is 10.0 Å². The third kappa shape index (κ3) is 2.65. The topological polar surface area (TPSA) is 99.2 Å². The second-order valence-electron chi connectivity index (χ2n) is 4.62. The molecule has 8 heteroatoms. The molecule has 1 fully saturated rings. The van der Waals surface area contributed by atoms with Gasteiger partial charge in [-0.15, -0.1) is 0 Å². The van der Waals surface area contributed by atoms with Gasteiger partial charge in [-0.1, -0.05) is 6.92 Å². The largest absolute Gasteiger partial charge is 0.381 e. The van der Waals surface area contributed by atoms with E-state index in [9.17, 15) is 8.42 Å². The van der Waals surface area contributed by atoms with Crippen LogP contribution in [0.15, 0.2) is 11.1 Å². The molecule has 0 aromatic carbocycles. The fraction of sp³-hybridized carbons (Fsp3) is 0.700. The maximum atomic E-state index is 12.2. The fourth-order valence-electron chi connectivity index (χ4n) is 2.01. The van der Waals surface area contributed by atoms with Crippen LogP contribution in [-0.2, 0) is 21.8 Å². The third-order valence-electron chi connectivity index (χ3n) is 3.06. The summed E-state index contributed by atoms with van der Waals surface area (Å²) in [7, 11) is -1.99. The fourth-order valence-corrected chi connectivity index (χ4v) is 3.49. The number of nitrogens with one attached hydrogen (secondary N) is 1. The Bertz CT molecular complexity index is 525. The maximum absolute atomic E-state index is 12.2. The summed E-state index contributed by atoms with van der Waals surface area (Å²) < 4.78 is 33.7. The molecule has 0 amide bonds. The zero-order valence-electron chi connectivity index (χ0n) is 10.5. The molecule has 2 heterocycles. The average Bonchev–Trinajstić information content (AvgIpc) is 2.62. The second-order valence-corrected chi connectivity index (χ2v) is 6.30. The van der Waals surface area contributed by atoms with Crippen LogP contribution in [0.25, 0.3) is 0 Å². The van der Waals surface area contributed by atoms with E-state index in [1.54, 1.807) is 7.05 Å². The van der Waals surface area contributed by atoms with Crippen LogP contribution in [0.2, 0.25) is 0 Å². The Balaban J connectivity index is 2.19. The van der Waals surface area contributed by atoms with E-state index in [0.717, 1.165) is 0 Å². The van der Waals surface area contributed by atoms with E-state index in [2.05, 4.69) is 9.82 Å². The molecule has 1 aliphatic rings. The smallest absolute Gasteiger partial charge is 0.246 e. The quantitative estimate of drug-likeness (QED) is 0.788. The van der Waals surface area contributed by atoms with Crippen LogP contribution < -0.4 is 10.5 Å². The number of nitrogens with two attached hydrogens (primary N) is 1. The van der Waals surface area contributed by atoms with Crippen molar-refractivity contribution in [1.82, 2.24) is 14.5 Å². The number of nitrogen functional groups attached to an aromatic ring is 1. The highest BCUT2D eigenvalue weighted by Crippen LogP contribution is 2.20. The molecular formula is C10H18N4O3S. The first-order valence-corrected chi connectivity index (χ1v) is 7.27. The van der Waals surface area contributed by atoms with Gasteiger partial charge < -0.3 is 10.5 Å². The van der Waals surface area contributed by atoms with Gasteiger partial charge in [0.1, 0.15) is 4.90 Å². The van der Waals surface area contributed by atoms with Gasteiger partial charge in [0.15, 0.2) is 5.82 Å². The van der Waals surface area contributed by atoms with Gasteiger partial charge in [0, 0.05) is 25.9 Å². The molecule has 1 aromatic heterocycles. The Labute approximate surface area is 106 Å². The van der Waals surface area contributed by atoms with Crippen molar-refractivity contribution >= 4 is 15.8 Å². The van der Waals surface area contributed by atoms with Gasteiger partial charge in [-0.25, -0.2) is 13.1 Å². The van der Waals surface area contributed by atoms with Gasteiger partial charge in [-0.2, -0.15) is 5.10 Å². The van der Waals surface area contributed by atoms with Gasteiger partial charge in [0.05, 0.1) is 6.61 Å². The minimum absolute atomic E-state index is 0.0183. The Kier molecular flexibility index (Phi) is 3.60. The predicted molar refractivity (Wildman–Crippen MR) is 66.3 cm³/mol. The first-order chi connectivity index (χ1) is 8.40. The summed E-state index contributed by atoms with van der Waals surface area (Å²) in [6.07, 6.45) is 2.07. The van der Waals surface area contributed by atoms with E-state index in [1.165, 1.54) is 10.9 Å². The highest BCUT2D eigenvalue weighted by atomic mass is 32.2.